The Morgan fingerprint density at radius 3 is 2.78 bits per heavy atom. The molecule has 1 heterocycles. The summed E-state index contributed by atoms with van der Waals surface area (Å²) in [6.45, 7) is 0. The molecule has 0 radical (unpaired) electrons. The van der Waals surface area contributed by atoms with E-state index in [2.05, 4.69) is 4.65 Å². The molecule has 0 aromatic heterocycles. The Labute approximate surface area is 62.1 Å². The van der Waals surface area contributed by atoms with E-state index in [1.165, 1.54) is 12.1 Å². The molecule has 0 atom stereocenters. The molecule has 0 aromatic carbocycles. The average Bonchev–Trinajstić information content (AvgIpc) is 1.80. The van der Waals surface area contributed by atoms with Gasteiger partial charge in [-0.1, -0.05) is 5.98 Å². The molecule has 48 valence electrons. The Bertz CT molecular complexity index is 179. The van der Waals surface area contributed by atoms with Crippen molar-refractivity contribution in [3.63, 3.8) is 0 Å². The van der Waals surface area contributed by atoms with E-state index in [4.69, 9.17) is 23.1 Å². The molecule has 0 fully saturated rings. The van der Waals surface area contributed by atoms with Crippen LogP contribution in [-0.4, -0.2) is 6.33 Å². The van der Waals surface area contributed by atoms with Gasteiger partial charge in [-0.05, 0) is 17.7 Å². The Hall–Kier alpha value is -0.145. The maximum absolute atomic E-state index is 12.2. The van der Waals surface area contributed by atoms with Gasteiger partial charge in [-0.2, -0.15) is 0 Å². The van der Waals surface area contributed by atoms with Gasteiger partial charge < -0.3 is 4.65 Å². The standard InChI is InChI=1S/C4H2BCl2FO/c6-4-3(8)1-2-5(7)9-4/h1-2H. The fourth-order valence-corrected chi connectivity index (χ4v) is 0.786. The van der Waals surface area contributed by atoms with E-state index in [1.54, 1.807) is 0 Å². The van der Waals surface area contributed by atoms with Crippen molar-refractivity contribution in [1.82, 2.24) is 0 Å². The number of hydrogen-bond donors (Lipinski definition) is 0. The molecule has 5 heteroatoms. The first-order valence-electron chi connectivity index (χ1n) is 2.24. The van der Waals surface area contributed by atoms with E-state index in [-0.39, 0.29) is 5.22 Å². The van der Waals surface area contributed by atoms with Gasteiger partial charge in [0.15, 0.2) is 5.83 Å². The summed E-state index contributed by atoms with van der Waals surface area (Å²) in [6.07, 6.45) is 0.528. The van der Waals surface area contributed by atoms with E-state index in [1.807, 2.05) is 0 Å². The quantitative estimate of drug-likeness (QED) is 0.502. The fourth-order valence-electron chi connectivity index (χ4n) is 0.420. The molecular formula is C4H2BCl2FO. The van der Waals surface area contributed by atoms with Crippen molar-refractivity contribution < 1.29 is 9.04 Å². The van der Waals surface area contributed by atoms with Gasteiger partial charge in [0, 0.05) is 0 Å². The number of rotatable bonds is 0. The van der Waals surface area contributed by atoms with Gasteiger partial charge in [-0.15, -0.1) is 11.5 Å². The molecule has 1 aliphatic rings. The SMILES string of the molecule is FC1=C(Cl)OB(Cl)C=C1. The second-order valence-corrected chi connectivity index (χ2v) is 2.22. The van der Waals surface area contributed by atoms with Crippen molar-refractivity contribution in [2.45, 2.75) is 0 Å². The molecule has 0 saturated carbocycles. The van der Waals surface area contributed by atoms with Crippen LogP contribution in [0.2, 0.25) is 0 Å². The lowest BCUT2D eigenvalue weighted by Crippen LogP contribution is -2.08. The average molecular weight is 167 g/mol. The highest BCUT2D eigenvalue weighted by Crippen LogP contribution is 2.20. The topological polar surface area (TPSA) is 9.23 Å². The van der Waals surface area contributed by atoms with Crippen LogP contribution in [0.15, 0.2) is 23.1 Å². The normalized spacial score (nSPS) is 18.3. The van der Waals surface area contributed by atoms with Crippen LogP contribution >= 0.6 is 23.1 Å². The zero-order valence-corrected chi connectivity index (χ0v) is 5.79. The molecule has 1 rings (SSSR count). The molecule has 0 N–H and O–H groups in total. The van der Waals surface area contributed by atoms with Crippen molar-refractivity contribution in [2.75, 3.05) is 0 Å². The third-order valence-electron chi connectivity index (χ3n) is 0.798. The highest BCUT2D eigenvalue weighted by Gasteiger charge is 2.17. The Morgan fingerprint density at radius 1 is 1.67 bits per heavy atom. The predicted octanol–water partition coefficient (Wildman–Crippen LogP) is 2.22. The highest BCUT2D eigenvalue weighted by atomic mass is 35.5. The highest BCUT2D eigenvalue weighted by molar-refractivity contribution is 7.06. The van der Waals surface area contributed by atoms with Crippen LogP contribution in [0.5, 0.6) is 0 Å². The van der Waals surface area contributed by atoms with Crippen molar-refractivity contribution in [1.29, 1.82) is 0 Å². The van der Waals surface area contributed by atoms with Crippen molar-refractivity contribution in [2.24, 2.45) is 0 Å². The number of hydrogen-bond acceptors (Lipinski definition) is 1. The molecule has 0 bridgehead atoms. The van der Waals surface area contributed by atoms with Gasteiger partial charge >= 0.3 is 6.33 Å². The monoisotopic (exact) mass is 166 g/mol. The minimum Gasteiger partial charge on any atom is -0.533 e. The number of halogens is 3. The zero-order valence-electron chi connectivity index (χ0n) is 4.27. The van der Waals surface area contributed by atoms with Crippen LogP contribution in [0.3, 0.4) is 0 Å². The van der Waals surface area contributed by atoms with E-state index >= 15 is 0 Å². The number of allylic oxidation sites excluding steroid dienone is 2. The summed E-state index contributed by atoms with van der Waals surface area (Å²) in [5, 5.41) is -0.280. The van der Waals surface area contributed by atoms with Gasteiger partial charge in [0.1, 0.15) is 0 Å². The molecule has 0 spiro atoms. The third-order valence-corrected chi connectivity index (χ3v) is 1.30. The fraction of sp³-hybridized carbons (Fsp3) is 0. The lowest BCUT2D eigenvalue weighted by Gasteiger charge is -2.08. The van der Waals surface area contributed by atoms with E-state index in [9.17, 15) is 4.39 Å². The summed E-state index contributed by atoms with van der Waals surface area (Å²) in [5.41, 5.74) is 0. The van der Waals surface area contributed by atoms with Gasteiger partial charge in [-0.3, -0.25) is 0 Å². The lowest BCUT2D eigenvalue weighted by atomic mass is 9.97. The molecule has 0 aliphatic carbocycles. The molecule has 1 aliphatic heterocycles. The van der Waals surface area contributed by atoms with Crippen molar-refractivity contribution in [3.8, 4) is 0 Å². The first-order valence-corrected chi connectivity index (χ1v) is 3.06. The Morgan fingerprint density at radius 2 is 2.33 bits per heavy atom. The Balaban J connectivity index is 2.75. The first-order chi connectivity index (χ1) is 4.20. The van der Waals surface area contributed by atoms with Crippen LogP contribution in [-0.2, 0) is 4.65 Å². The third kappa shape index (κ3) is 1.63. The largest absolute Gasteiger partial charge is 0.533 e. The van der Waals surface area contributed by atoms with Gasteiger partial charge in [-0.25, -0.2) is 4.39 Å². The molecule has 0 amide bonds. The minimum atomic E-state index is -0.642. The molecule has 0 aromatic rings. The van der Waals surface area contributed by atoms with Crippen molar-refractivity contribution in [3.05, 3.63) is 23.1 Å². The van der Waals surface area contributed by atoms with Crippen LogP contribution in [0.4, 0.5) is 4.39 Å². The molecule has 1 nitrogen and oxygen atoms in total. The van der Waals surface area contributed by atoms with Crippen LogP contribution < -0.4 is 0 Å². The summed E-state index contributed by atoms with van der Waals surface area (Å²) in [7, 11) is 0. The lowest BCUT2D eigenvalue weighted by molar-refractivity contribution is 0.458. The van der Waals surface area contributed by atoms with Crippen LogP contribution in [0, 0.1) is 0 Å². The summed E-state index contributed by atoms with van der Waals surface area (Å²) >= 11 is 10.6. The van der Waals surface area contributed by atoms with Crippen LogP contribution in [0.25, 0.3) is 0 Å². The molecular weight excluding hydrogens is 165 g/mol. The van der Waals surface area contributed by atoms with Crippen LogP contribution in [0.1, 0.15) is 0 Å². The van der Waals surface area contributed by atoms with Gasteiger partial charge in [0.2, 0.25) is 5.22 Å². The smallest absolute Gasteiger partial charge is 0.493 e. The van der Waals surface area contributed by atoms with Crippen molar-refractivity contribution >= 4 is 29.4 Å². The van der Waals surface area contributed by atoms with Gasteiger partial charge in [0.25, 0.3) is 0 Å². The second-order valence-electron chi connectivity index (χ2n) is 1.45. The molecule has 9 heavy (non-hydrogen) atoms. The second kappa shape index (κ2) is 2.63. The Kier molecular flexibility index (Phi) is 2.03. The van der Waals surface area contributed by atoms with Gasteiger partial charge in [0.05, 0.1) is 0 Å². The molecule has 0 saturated heterocycles. The maximum Gasteiger partial charge on any atom is 0.493 e. The summed E-state index contributed by atoms with van der Waals surface area (Å²) in [4.78, 5) is 0. The summed E-state index contributed by atoms with van der Waals surface area (Å²) in [5.74, 6) is 0.775. The minimum absolute atomic E-state index is 0.280. The summed E-state index contributed by atoms with van der Waals surface area (Å²) < 4.78 is 16.8. The zero-order chi connectivity index (χ0) is 6.85. The van der Waals surface area contributed by atoms with E-state index in [0.717, 1.165) is 0 Å². The summed E-state index contributed by atoms with van der Waals surface area (Å²) in [6, 6.07) is 0. The van der Waals surface area contributed by atoms with E-state index < -0.39 is 12.2 Å². The first kappa shape index (κ1) is 6.97. The molecule has 0 unspecified atom stereocenters. The predicted molar refractivity (Wildman–Crippen MR) is 35.8 cm³/mol. The maximum atomic E-state index is 12.2. The van der Waals surface area contributed by atoms with E-state index in [0.29, 0.717) is 0 Å².